The van der Waals surface area contributed by atoms with E-state index in [0.29, 0.717) is 12.1 Å². The molecule has 2 bridgehead atoms. The Bertz CT molecular complexity index is 1040. The van der Waals surface area contributed by atoms with E-state index in [1.807, 2.05) is 44.2 Å². The quantitative estimate of drug-likeness (QED) is 0.513. The summed E-state index contributed by atoms with van der Waals surface area (Å²) < 4.78 is -1.14. The lowest BCUT2D eigenvalue weighted by Gasteiger charge is -2.40. The zero-order chi connectivity index (χ0) is 26.7. The van der Waals surface area contributed by atoms with E-state index in [9.17, 15) is 19.5 Å². The molecule has 4 rings (SSSR count). The van der Waals surface area contributed by atoms with Gasteiger partial charge in [0.05, 0.1) is 29.2 Å². The third-order valence-corrected chi connectivity index (χ3v) is 9.95. The molecule has 3 fully saturated rings. The molecule has 3 N–H and O–H groups in total. The van der Waals surface area contributed by atoms with Crippen molar-refractivity contribution in [1.82, 2.24) is 10.2 Å². The molecule has 0 aromatic heterocycles. The number of benzene rings is 1. The van der Waals surface area contributed by atoms with Crippen molar-refractivity contribution in [3.8, 4) is 0 Å². The van der Waals surface area contributed by atoms with E-state index in [-0.39, 0.29) is 29.7 Å². The number of anilines is 1. The molecule has 0 radical (unpaired) electrons. The molecule has 3 saturated heterocycles. The first kappa shape index (κ1) is 27.0. The largest absolute Gasteiger partial charge is 0.394 e. The van der Waals surface area contributed by atoms with Gasteiger partial charge in [-0.2, -0.15) is 0 Å². The number of likely N-dealkylation sites (tertiary alicyclic amines) is 1. The Labute approximate surface area is 219 Å². The van der Waals surface area contributed by atoms with Crippen LogP contribution in [0.4, 0.5) is 5.69 Å². The summed E-state index contributed by atoms with van der Waals surface area (Å²) in [6.07, 6.45) is 2.21. The minimum atomic E-state index is -0.738. The van der Waals surface area contributed by atoms with E-state index < -0.39 is 39.0 Å². The van der Waals surface area contributed by atoms with Crippen LogP contribution in [0.3, 0.4) is 0 Å². The second-order valence-corrected chi connectivity index (χ2v) is 14.9. The fourth-order valence-electron chi connectivity index (χ4n) is 7.14. The molecule has 3 heterocycles. The van der Waals surface area contributed by atoms with Crippen LogP contribution < -0.4 is 10.6 Å². The predicted octanol–water partition coefficient (Wildman–Crippen LogP) is 3.82. The monoisotopic (exact) mass is 515 g/mol. The minimum absolute atomic E-state index is 0.00976. The number of nitrogens with zero attached hydrogens (tertiary/aromatic N) is 1. The molecule has 0 aliphatic carbocycles. The molecule has 8 heteroatoms. The number of para-hydroxylation sites is 1. The molecule has 2 unspecified atom stereocenters. The molecule has 3 aliphatic rings. The molecule has 1 aromatic rings. The van der Waals surface area contributed by atoms with Gasteiger partial charge >= 0.3 is 0 Å². The Kier molecular flexibility index (Phi) is 6.78. The van der Waals surface area contributed by atoms with Gasteiger partial charge in [-0.05, 0) is 64.5 Å². The summed E-state index contributed by atoms with van der Waals surface area (Å²) in [6, 6.07) is 8.01. The zero-order valence-electron chi connectivity index (χ0n) is 22.6. The minimum Gasteiger partial charge on any atom is -0.394 e. The van der Waals surface area contributed by atoms with E-state index in [2.05, 4.69) is 38.3 Å². The Morgan fingerprint density at radius 1 is 1.14 bits per heavy atom. The predicted molar refractivity (Wildman–Crippen MR) is 143 cm³/mol. The molecule has 198 valence electrons. The van der Waals surface area contributed by atoms with Crippen molar-refractivity contribution < 1.29 is 19.5 Å². The highest BCUT2D eigenvalue weighted by Crippen LogP contribution is 2.71. The van der Waals surface area contributed by atoms with Gasteiger partial charge in [-0.15, -0.1) is 11.8 Å². The summed E-state index contributed by atoms with van der Waals surface area (Å²) in [7, 11) is 0. The fraction of sp³-hybridized carbons (Fsp3) is 0.679. The maximum Gasteiger partial charge on any atom is 0.244 e. The van der Waals surface area contributed by atoms with Gasteiger partial charge in [-0.1, -0.05) is 39.0 Å². The first-order chi connectivity index (χ1) is 16.6. The molecule has 3 amide bonds. The molecular formula is C28H41N3O4S. The summed E-state index contributed by atoms with van der Waals surface area (Å²) in [4.78, 5) is 43.3. The highest BCUT2D eigenvalue weighted by Gasteiger charge is 2.77. The number of carbonyl (C=O) groups is 3. The van der Waals surface area contributed by atoms with Crippen molar-refractivity contribution in [2.75, 3.05) is 11.9 Å². The van der Waals surface area contributed by atoms with E-state index in [1.165, 1.54) is 0 Å². The molecule has 0 saturated carbocycles. The van der Waals surface area contributed by atoms with Crippen molar-refractivity contribution in [2.24, 2.45) is 17.3 Å². The van der Waals surface area contributed by atoms with Crippen LogP contribution in [0.1, 0.15) is 67.7 Å². The number of aliphatic hydroxyl groups is 1. The first-order valence-electron chi connectivity index (χ1n) is 13.0. The lowest BCUT2D eigenvalue weighted by Crippen LogP contribution is -2.59. The van der Waals surface area contributed by atoms with Crippen molar-refractivity contribution in [2.45, 2.75) is 94.8 Å². The number of carbonyl (C=O) groups excluding carboxylic acids is 3. The molecule has 1 aromatic carbocycles. The maximum atomic E-state index is 14.0. The van der Waals surface area contributed by atoms with E-state index in [1.54, 1.807) is 23.6 Å². The third-order valence-electron chi connectivity index (χ3n) is 7.96. The topological polar surface area (TPSA) is 98.7 Å². The van der Waals surface area contributed by atoms with Gasteiger partial charge in [-0.3, -0.25) is 14.4 Å². The number of rotatable bonds is 7. The molecule has 1 spiro atoms. The van der Waals surface area contributed by atoms with E-state index >= 15 is 0 Å². The molecule has 6 atom stereocenters. The van der Waals surface area contributed by atoms with Crippen LogP contribution >= 0.6 is 11.8 Å². The van der Waals surface area contributed by atoms with Crippen LogP contribution in [0.2, 0.25) is 0 Å². The number of thioether (sulfide) groups is 1. The zero-order valence-corrected chi connectivity index (χ0v) is 23.4. The van der Waals surface area contributed by atoms with Gasteiger partial charge in [0.1, 0.15) is 6.04 Å². The maximum absolute atomic E-state index is 14.0. The number of hydrogen-bond donors (Lipinski definition) is 3. The van der Waals surface area contributed by atoms with Crippen molar-refractivity contribution in [3.63, 3.8) is 0 Å². The Balaban J connectivity index is 1.70. The lowest BCUT2D eigenvalue weighted by atomic mass is 9.66. The van der Waals surface area contributed by atoms with Gasteiger partial charge in [0, 0.05) is 16.0 Å². The summed E-state index contributed by atoms with van der Waals surface area (Å²) >= 11 is 1.64. The summed E-state index contributed by atoms with van der Waals surface area (Å²) in [6.45, 7) is 14.0. The molecule has 3 aliphatic heterocycles. The van der Waals surface area contributed by atoms with Gasteiger partial charge in [0.15, 0.2) is 0 Å². The normalized spacial score (nSPS) is 32.4. The Morgan fingerprint density at radius 2 is 1.78 bits per heavy atom. The molecule has 7 nitrogen and oxygen atoms in total. The van der Waals surface area contributed by atoms with Crippen molar-refractivity contribution >= 4 is 35.2 Å². The summed E-state index contributed by atoms with van der Waals surface area (Å²) in [5, 5.41) is 16.3. The first-order valence-corrected chi connectivity index (χ1v) is 13.8. The molecular weight excluding hydrogens is 474 g/mol. The second-order valence-electron chi connectivity index (χ2n) is 13.0. The van der Waals surface area contributed by atoms with Crippen LogP contribution in [0.15, 0.2) is 30.3 Å². The third kappa shape index (κ3) is 4.55. The van der Waals surface area contributed by atoms with Crippen LogP contribution in [0, 0.1) is 17.3 Å². The average Bonchev–Trinajstić information content (AvgIpc) is 3.32. The number of aliphatic hydroxyl groups excluding tert-OH is 1. The second kappa shape index (κ2) is 9.05. The van der Waals surface area contributed by atoms with Crippen molar-refractivity contribution in [1.29, 1.82) is 0 Å². The fourth-order valence-corrected chi connectivity index (χ4v) is 9.48. The van der Waals surface area contributed by atoms with Gasteiger partial charge in [-0.25, -0.2) is 0 Å². The van der Waals surface area contributed by atoms with E-state index in [4.69, 9.17) is 0 Å². The van der Waals surface area contributed by atoms with E-state index in [0.717, 1.165) is 12.8 Å². The number of fused-ring (bicyclic) bond motifs is 1. The number of amides is 3. The van der Waals surface area contributed by atoms with Gasteiger partial charge in [0.25, 0.3) is 0 Å². The van der Waals surface area contributed by atoms with Gasteiger partial charge in [0.2, 0.25) is 17.7 Å². The summed E-state index contributed by atoms with van der Waals surface area (Å²) in [5.74, 6) is -1.74. The number of nitrogens with one attached hydrogen (secondary N) is 2. The highest BCUT2D eigenvalue weighted by molar-refractivity contribution is 8.02. The van der Waals surface area contributed by atoms with Crippen LogP contribution in [-0.2, 0) is 14.4 Å². The standard InChI is InChI=1S/C28H41N3O4S/c1-17(15-32)31-21(23(34)30-26(5,6)16-25(2,3)4)28-14-13-27(7,36-28)19(20(28)24(31)35)22(33)29-18-11-9-8-10-12-18/h8-12,17,19-21,32H,13-16H2,1-7H3,(H,29,33)(H,30,34)/t17-,19+,20+,21?,27-,28?/m1/s1. The SMILES string of the molecule is C[C@H](CO)N1C(=O)[C@@H]2[C@@H](C(=O)Nc3ccccc3)[C@@]3(C)CCC2(S3)C1C(=O)NC(C)(C)CC(C)(C)C. The van der Waals surface area contributed by atoms with Crippen LogP contribution in [0.5, 0.6) is 0 Å². The van der Waals surface area contributed by atoms with Gasteiger partial charge < -0.3 is 20.6 Å². The average molecular weight is 516 g/mol. The lowest BCUT2D eigenvalue weighted by molar-refractivity contribution is -0.142. The Morgan fingerprint density at radius 3 is 2.36 bits per heavy atom. The smallest absolute Gasteiger partial charge is 0.244 e. The van der Waals surface area contributed by atoms with Crippen LogP contribution in [-0.4, -0.2) is 61.5 Å². The Hall–Kier alpha value is -2.06. The summed E-state index contributed by atoms with van der Waals surface area (Å²) in [5.41, 5.74) is 0.226. The van der Waals surface area contributed by atoms with Crippen molar-refractivity contribution in [3.05, 3.63) is 30.3 Å². The van der Waals surface area contributed by atoms with Crippen LogP contribution in [0.25, 0.3) is 0 Å². The molecule has 36 heavy (non-hydrogen) atoms. The number of hydrogen-bond acceptors (Lipinski definition) is 5. The highest BCUT2D eigenvalue weighted by atomic mass is 32.2.